The maximum Gasteiger partial charge on any atom is 0.508 e. The van der Waals surface area contributed by atoms with Gasteiger partial charge in [0.2, 0.25) is 0 Å². The van der Waals surface area contributed by atoms with Crippen molar-refractivity contribution in [3.05, 3.63) is 224 Å². The molecule has 460 valence electrons. The summed E-state index contributed by atoms with van der Waals surface area (Å²) in [6, 6.07) is 44.3. The number of nitrogens with one attached hydrogen (secondary N) is 1. The first-order valence-electron chi connectivity index (χ1n) is 29.2. The van der Waals surface area contributed by atoms with Crippen molar-refractivity contribution in [3.63, 3.8) is 0 Å². The van der Waals surface area contributed by atoms with E-state index in [-0.39, 0.29) is 79.5 Å². The minimum absolute atomic E-state index is 0.0297. The zero-order chi connectivity index (χ0) is 62.3. The van der Waals surface area contributed by atoms with Gasteiger partial charge in [-0.25, -0.2) is 19.4 Å². The Hall–Kier alpha value is -9.67. The highest BCUT2D eigenvalue weighted by Crippen LogP contribution is 2.46. The Morgan fingerprint density at radius 1 is 0.719 bits per heavy atom. The summed E-state index contributed by atoms with van der Waals surface area (Å²) in [6.07, 6.45) is -3.93. The molecule has 21 nitrogen and oxygen atoms in total. The maximum atomic E-state index is 14.8. The fourth-order valence-electron chi connectivity index (χ4n) is 11.9. The molecule has 2 aliphatic heterocycles. The molecule has 2 saturated heterocycles. The summed E-state index contributed by atoms with van der Waals surface area (Å²) in [5, 5.41) is 14.8. The average molecular weight is 1210 g/mol. The van der Waals surface area contributed by atoms with Crippen LogP contribution in [0, 0.1) is 6.92 Å². The maximum absolute atomic E-state index is 14.8. The number of aromatic nitrogens is 4. The van der Waals surface area contributed by atoms with Gasteiger partial charge < -0.3 is 57.1 Å². The number of ketones is 1. The topological polar surface area (TPSA) is 245 Å². The van der Waals surface area contributed by atoms with Crippen molar-refractivity contribution < 1.29 is 66.9 Å². The van der Waals surface area contributed by atoms with Crippen LogP contribution in [0.4, 0.5) is 15.3 Å². The number of aliphatic hydroxyl groups excluding tert-OH is 1. The molecule has 11 rings (SSSR count). The van der Waals surface area contributed by atoms with Crippen LogP contribution in [0.5, 0.6) is 11.5 Å². The van der Waals surface area contributed by atoms with Crippen molar-refractivity contribution in [3.8, 4) is 22.6 Å². The van der Waals surface area contributed by atoms with Crippen LogP contribution in [0.15, 0.2) is 174 Å². The number of anilines is 1. The molecule has 0 spiro atoms. The van der Waals surface area contributed by atoms with Crippen molar-refractivity contribution in [2.24, 2.45) is 0 Å². The molecule has 4 heterocycles. The van der Waals surface area contributed by atoms with Gasteiger partial charge in [0.25, 0.3) is 5.56 Å². The normalized spacial score (nSPS) is 18.6. The van der Waals surface area contributed by atoms with E-state index in [9.17, 15) is 33.9 Å². The van der Waals surface area contributed by atoms with E-state index < -0.39 is 85.1 Å². The summed E-state index contributed by atoms with van der Waals surface area (Å²) >= 11 is 0. The van der Waals surface area contributed by atoms with Crippen LogP contribution < -0.4 is 26.0 Å². The molecule has 2 N–H and O–H groups in total. The summed E-state index contributed by atoms with van der Waals surface area (Å²) in [6.45, 7) is 5.36. The molecule has 6 aromatic carbocycles. The molecule has 8 aromatic rings. The molecular weight excluding hydrogens is 1140 g/mol. The molecule has 2 fully saturated rings. The van der Waals surface area contributed by atoms with E-state index >= 15 is 0 Å². The minimum atomic E-state index is -1.21. The van der Waals surface area contributed by atoms with E-state index in [1.54, 1.807) is 30.9 Å². The van der Waals surface area contributed by atoms with E-state index in [1.165, 1.54) is 37.0 Å². The van der Waals surface area contributed by atoms with Crippen LogP contribution in [-0.4, -0.2) is 113 Å². The van der Waals surface area contributed by atoms with Crippen LogP contribution in [0.2, 0.25) is 0 Å². The van der Waals surface area contributed by atoms with Gasteiger partial charge in [-0.1, -0.05) is 122 Å². The van der Waals surface area contributed by atoms with Crippen LogP contribution in [-0.2, 0) is 54.9 Å². The molecule has 89 heavy (non-hydrogen) atoms. The van der Waals surface area contributed by atoms with Crippen molar-refractivity contribution in [2.45, 2.75) is 94.5 Å². The summed E-state index contributed by atoms with van der Waals surface area (Å²) in [5.41, 5.74) is 5.06. The number of Topliss-reactive ketones (excluding diaryl/α,β-unsaturated/α-hetero) is 1. The number of carbonyl (C=O) groups is 4. The predicted octanol–water partition coefficient (Wildman–Crippen LogP) is 9.66. The van der Waals surface area contributed by atoms with Crippen molar-refractivity contribution in [2.75, 3.05) is 46.0 Å². The highest BCUT2D eigenvalue weighted by Gasteiger charge is 2.44. The SMILES string of the molecule is C=CCOC(=O)O[C@H]1C[C@H](n2cc(C)c(=O)n(Cc3ccc4c(ncn4[C@H]4C[C@H](O)[C@@H](COC(c5ccccc5)(c5ccc(OC)cc5)c5ccc(OC)cc5)O4)c3NC(=O)OCC3c4ccccc4-c4ccccc43)c2=O)O[C@@H]1COC(=O)CCC(C)=O. The Labute approximate surface area is 511 Å². The predicted molar refractivity (Wildman–Crippen MR) is 326 cm³/mol. The van der Waals surface area contributed by atoms with Crippen molar-refractivity contribution in [1.82, 2.24) is 18.7 Å². The Balaban J connectivity index is 0.908. The lowest BCUT2D eigenvalue weighted by molar-refractivity contribution is -0.151. The first-order chi connectivity index (χ1) is 43.2. The number of aliphatic hydroxyl groups is 1. The van der Waals surface area contributed by atoms with Gasteiger partial charge in [0, 0.05) is 36.9 Å². The zero-order valence-corrected chi connectivity index (χ0v) is 49.5. The first-order valence-corrected chi connectivity index (χ1v) is 29.2. The highest BCUT2D eigenvalue weighted by atomic mass is 16.7. The van der Waals surface area contributed by atoms with E-state index in [4.69, 9.17) is 47.6 Å². The third kappa shape index (κ3) is 12.7. The highest BCUT2D eigenvalue weighted by molar-refractivity contribution is 5.98. The molecule has 1 aliphatic carbocycles. The van der Waals surface area contributed by atoms with E-state index in [2.05, 4.69) is 11.9 Å². The van der Waals surface area contributed by atoms with Crippen LogP contribution in [0.1, 0.15) is 89.9 Å². The van der Waals surface area contributed by atoms with E-state index in [0.29, 0.717) is 17.0 Å². The minimum Gasteiger partial charge on any atom is -0.497 e. The van der Waals surface area contributed by atoms with E-state index in [0.717, 1.165) is 43.5 Å². The molecule has 0 unspecified atom stereocenters. The first kappa shape index (κ1) is 61.0. The van der Waals surface area contributed by atoms with Gasteiger partial charge >= 0.3 is 23.9 Å². The number of imidazole rings is 1. The second kappa shape index (κ2) is 26.7. The molecular formula is C68H67N5O16. The largest absolute Gasteiger partial charge is 0.508 e. The third-order valence-corrected chi connectivity index (χ3v) is 16.4. The molecule has 2 aromatic heterocycles. The average Bonchev–Trinajstić information content (AvgIpc) is 1.51. The van der Waals surface area contributed by atoms with Gasteiger partial charge in [0.05, 0.1) is 57.4 Å². The number of esters is 1. The number of ether oxygens (including phenoxy) is 9. The Morgan fingerprint density at radius 3 is 1.98 bits per heavy atom. The molecule has 0 saturated carbocycles. The Morgan fingerprint density at radius 2 is 1.34 bits per heavy atom. The molecule has 21 heteroatoms. The number of methoxy groups -OCH3 is 2. The lowest BCUT2D eigenvalue weighted by atomic mass is 9.80. The van der Waals surface area contributed by atoms with Gasteiger partial charge in [-0.2, -0.15) is 0 Å². The summed E-state index contributed by atoms with van der Waals surface area (Å²) < 4.78 is 57.3. The second-order valence-electron chi connectivity index (χ2n) is 22.0. The smallest absolute Gasteiger partial charge is 0.497 e. The molecule has 0 radical (unpaired) electrons. The monoisotopic (exact) mass is 1210 g/mol. The lowest BCUT2D eigenvalue weighted by Gasteiger charge is -2.37. The zero-order valence-electron chi connectivity index (χ0n) is 49.5. The summed E-state index contributed by atoms with van der Waals surface area (Å²) in [5.74, 6) is 0.139. The third-order valence-electron chi connectivity index (χ3n) is 16.4. The number of hydrogen-bond donors (Lipinski definition) is 2. The quantitative estimate of drug-likeness (QED) is 0.0262. The summed E-state index contributed by atoms with van der Waals surface area (Å²) in [7, 11) is 3.20. The number of nitrogens with zero attached hydrogens (tertiary/aromatic N) is 4. The standard InChI is InChI=1S/C68H67N5O16/c1-6-32-83-67(80)89-56-34-60(88-58(56)38-84-61(76)31-20-42(3)74)71-35-41(2)64(77)72(66(71)79)36-43-21-30-54-63(62(43)70-65(78)85-37-53-51-18-12-10-16-49(51)50-17-11-13-19-52(50)53)69-40-73(54)59-33-55(75)57(87-59)39-86-68(44-14-8-7-9-15-44,45-22-26-47(81-4)27-23-45)46-24-28-48(82-5)29-25-46/h6-19,21-30,35,40,53,55-60,75H,1,20,31-34,36-39H2,2-5H3,(H,70,78)/t55-,56-,57+,58+,59+,60+/m0/s1. The van der Waals surface area contributed by atoms with Crippen molar-refractivity contribution in [1.29, 1.82) is 0 Å². The summed E-state index contributed by atoms with van der Waals surface area (Å²) in [4.78, 5) is 85.2. The fourth-order valence-corrected chi connectivity index (χ4v) is 11.9. The number of hydrogen-bond acceptors (Lipinski definition) is 17. The second-order valence-corrected chi connectivity index (χ2v) is 22.0. The van der Waals surface area contributed by atoms with Crippen molar-refractivity contribution >= 4 is 40.7 Å². The Kier molecular flexibility index (Phi) is 18.3. The van der Waals surface area contributed by atoms with Gasteiger partial charge in [-0.3, -0.25) is 24.0 Å². The van der Waals surface area contributed by atoms with Gasteiger partial charge in [0.1, 0.15) is 79.0 Å². The van der Waals surface area contributed by atoms with E-state index in [1.807, 2.05) is 127 Å². The molecule has 0 bridgehead atoms. The van der Waals surface area contributed by atoms with Gasteiger partial charge in [0.15, 0.2) is 0 Å². The Bertz CT molecular complexity index is 3940. The van der Waals surface area contributed by atoms with Crippen LogP contribution in [0.25, 0.3) is 22.2 Å². The number of rotatable bonds is 23. The van der Waals surface area contributed by atoms with Crippen LogP contribution in [0.3, 0.4) is 0 Å². The number of benzene rings is 6. The fraction of sp³-hybridized carbons (Fsp3) is 0.309. The number of fused-ring (bicyclic) bond motifs is 4. The van der Waals surface area contributed by atoms with Gasteiger partial charge in [-0.05, 0) is 88.7 Å². The van der Waals surface area contributed by atoms with Gasteiger partial charge in [-0.15, -0.1) is 0 Å². The number of amides is 1. The number of carbonyl (C=O) groups excluding carboxylic acids is 4. The number of aryl methyl sites for hydroxylation is 1. The molecule has 3 aliphatic rings. The lowest BCUT2D eigenvalue weighted by Crippen LogP contribution is -2.42. The molecule has 1 amide bonds. The van der Waals surface area contributed by atoms with Crippen LogP contribution >= 0.6 is 0 Å². The molecule has 6 atom stereocenters.